The van der Waals surface area contributed by atoms with E-state index in [-0.39, 0.29) is 5.56 Å². The van der Waals surface area contributed by atoms with E-state index in [0.29, 0.717) is 5.56 Å². The zero-order valence-electron chi connectivity index (χ0n) is 9.76. The lowest BCUT2D eigenvalue weighted by atomic mass is 10.0. The largest absolute Gasteiger partial charge is 0.508 e. The van der Waals surface area contributed by atoms with Crippen molar-refractivity contribution in [1.29, 1.82) is 0 Å². The third-order valence-corrected chi connectivity index (χ3v) is 3.56. The first-order chi connectivity index (χ1) is 8.89. The fraction of sp³-hybridized carbons (Fsp3) is 0.0769. The van der Waals surface area contributed by atoms with Crippen molar-refractivity contribution in [2.24, 2.45) is 0 Å². The summed E-state index contributed by atoms with van der Waals surface area (Å²) < 4.78 is 30.7. The van der Waals surface area contributed by atoms with Crippen LogP contribution in [-0.2, 0) is 10.1 Å². The Balaban J connectivity index is 2.42. The van der Waals surface area contributed by atoms with Crippen molar-refractivity contribution in [2.75, 3.05) is 0 Å². The molecule has 100 valence electrons. The fourth-order valence-electron chi connectivity index (χ4n) is 1.73. The zero-order valence-corrected chi connectivity index (χ0v) is 10.6. The number of aliphatic hydroxyl groups is 1. The van der Waals surface area contributed by atoms with Crippen LogP contribution in [0.25, 0.3) is 0 Å². The highest BCUT2D eigenvalue weighted by molar-refractivity contribution is 7.85. The fourth-order valence-corrected chi connectivity index (χ4v) is 2.23. The van der Waals surface area contributed by atoms with Crippen LogP contribution in [0.1, 0.15) is 17.2 Å². The molecule has 0 bridgehead atoms. The Morgan fingerprint density at radius 1 is 1.00 bits per heavy atom. The lowest BCUT2D eigenvalue weighted by Gasteiger charge is -2.13. The Bertz CT molecular complexity index is 679. The van der Waals surface area contributed by atoms with E-state index >= 15 is 0 Å². The number of benzene rings is 2. The molecule has 0 aliphatic rings. The highest BCUT2D eigenvalue weighted by atomic mass is 32.2. The molecule has 1 unspecified atom stereocenters. The van der Waals surface area contributed by atoms with Crippen LogP contribution >= 0.6 is 0 Å². The summed E-state index contributed by atoms with van der Waals surface area (Å²) in [5.41, 5.74) is 0.732. The lowest BCUT2D eigenvalue weighted by molar-refractivity contribution is 0.215. The SMILES string of the molecule is O=S(=O)(O)c1ccc(C(O)c2ccccc2)c(O)c1. The van der Waals surface area contributed by atoms with Gasteiger partial charge in [0, 0.05) is 11.6 Å². The second-order valence-electron chi connectivity index (χ2n) is 4.01. The molecule has 0 spiro atoms. The Kier molecular flexibility index (Phi) is 3.57. The first kappa shape index (κ1) is 13.5. The van der Waals surface area contributed by atoms with Gasteiger partial charge in [0.05, 0.1) is 4.90 Å². The van der Waals surface area contributed by atoms with E-state index in [1.54, 1.807) is 30.3 Å². The standard InChI is InChI=1S/C13H12O5S/c14-12-8-10(19(16,17)18)6-7-11(12)13(15)9-4-2-1-3-5-9/h1-8,13-15H,(H,16,17,18). The van der Waals surface area contributed by atoms with Gasteiger partial charge in [0.1, 0.15) is 11.9 Å². The minimum Gasteiger partial charge on any atom is -0.508 e. The topological polar surface area (TPSA) is 94.8 Å². The predicted molar refractivity (Wildman–Crippen MR) is 68.4 cm³/mol. The molecule has 0 radical (unpaired) electrons. The minimum absolute atomic E-state index is 0.165. The smallest absolute Gasteiger partial charge is 0.294 e. The number of hydrogen-bond donors (Lipinski definition) is 3. The van der Waals surface area contributed by atoms with Gasteiger partial charge in [-0.3, -0.25) is 4.55 Å². The summed E-state index contributed by atoms with van der Waals surface area (Å²) in [6.45, 7) is 0. The molecular weight excluding hydrogens is 268 g/mol. The van der Waals surface area contributed by atoms with Crippen molar-refractivity contribution < 1.29 is 23.2 Å². The Morgan fingerprint density at radius 2 is 1.63 bits per heavy atom. The summed E-state index contributed by atoms with van der Waals surface area (Å²) in [6, 6.07) is 11.9. The molecule has 0 aliphatic carbocycles. The van der Waals surface area contributed by atoms with Gasteiger partial charge >= 0.3 is 0 Å². The molecule has 2 aromatic rings. The van der Waals surface area contributed by atoms with E-state index < -0.39 is 26.9 Å². The zero-order chi connectivity index (χ0) is 14.0. The van der Waals surface area contributed by atoms with Crippen molar-refractivity contribution in [2.45, 2.75) is 11.0 Å². The van der Waals surface area contributed by atoms with Crippen molar-refractivity contribution in [1.82, 2.24) is 0 Å². The van der Waals surface area contributed by atoms with Crippen LogP contribution in [-0.4, -0.2) is 23.2 Å². The predicted octanol–water partition coefficient (Wildman–Crippen LogP) is 1.72. The monoisotopic (exact) mass is 280 g/mol. The quantitative estimate of drug-likeness (QED) is 0.744. The van der Waals surface area contributed by atoms with Gasteiger partial charge in [0.25, 0.3) is 10.1 Å². The number of phenols is 1. The Morgan fingerprint density at radius 3 is 2.16 bits per heavy atom. The average molecular weight is 280 g/mol. The first-order valence-corrected chi connectivity index (χ1v) is 6.87. The van der Waals surface area contributed by atoms with Crippen molar-refractivity contribution in [3.63, 3.8) is 0 Å². The maximum absolute atomic E-state index is 10.9. The molecule has 19 heavy (non-hydrogen) atoms. The molecule has 2 rings (SSSR count). The van der Waals surface area contributed by atoms with Crippen LogP contribution in [0.15, 0.2) is 53.4 Å². The van der Waals surface area contributed by atoms with Crippen molar-refractivity contribution >= 4 is 10.1 Å². The summed E-state index contributed by atoms with van der Waals surface area (Å²) in [6.07, 6.45) is -1.07. The van der Waals surface area contributed by atoms with Crippen LogP contribution in [0.4, 0.5) is 0 Å². The summed E-state index contributed by atoms with van der Waals surface area (Å²) in [4.78, 5) is -0.422. The second-order valence-corrected chi connectivity index (χ2v) is 5.43. The summed E-state index contributed by atoms with van der Waals surface area (Å²) in [7, 11) is -4.37. The molecule has 1 atom stereocenters. The molecule has 0 saturated carbocycles. The van der Waals surface area contributed by atoms with Gasteiger partial charge in [-0.25, -0.2) is 0 Å². The molecule has 0 aromatic heterocycles. The molecule has 0 fully saturated rings. The molecule has 5 nitrogen and oxygen atoms in total. The Labute approximate surface area is 110 Å². The molecule has 0 amide bonds. The molecule has 0 heterocycles. The molecule has 3 N–H and O–H groups in total. The van der Waals surface area contributed by atoms with Gasteiger partial charge in [0.15, 0.2) is 0 Å². The van der Waals surface area contributed by atoms with Gasteiger partial charge in [0.2, 0.25) is 0 Å². The number of aromatic hydroxyl groups is 1. The van der Waals surface area contributed by atoms with E-state index in [4.69, 9.17) is 4.55 Å². The Hall–Kier alpha value is -1.89. The molecule has 0 saturated heterocycles. The summed E-state index contributed by atoms with van der Waals surface area (Å²) in [5.74, 6) is -0.397. The van der Waals surface area contributed by atoms with E-state index in [1.165, 1.54) is 6.07 Å². The van der Waals surface area contributed by atoms with E-state index in [0.717, 1.165) is 12.1 Å². The third-order valence-electron chi connectivity index (χ3n) is 2.71. The lowest BCUT2D eigenvalue weighted by Crippen LogP contribution is -2.02. The average Bonchev–Trinajstić information content (AvgIpc) is 2.38. The number of aliphatic hydroxyl groups excluding tert-OH is 1. The minimum atomic E-state index is -4.37. The molecule has 0 aliphatic heterocycles. The normalized spacial score (nSPS) is 13.2. The second kappa shape index (κ2) is 5.00. The summed E-state index contributed by atoms with van der Waals surface area (Å²) in [5, 5.41) is 19.8. The molecule has 6 heteroatoms. The van der Waals surface area contributed by atoms with Crippen molar-refractivity contribution in [3.8, 4) is 5.75 Å². The van der Waals surface area contributed by atoms with Gasteiger partial charge in [-0.15, -0.1) is 0 Å². The van der Waals surface area contributed by atoms with E-state index in [2.05, 4.69) is 0 Å². The van der Waals surface area contributed by atoms with Crippen LogP contribution in [0.5, 0.6) is 5.75 Å². The number of hydrogen-bond acceptors (Lipinski definition) is 4. The van der Waals surface area contributed by atoms with Gasteiger partial charge in [-0.1, -0.05) is 36.4 Å². The third kappa shape index (κ3) is 2.93. The van der Waals surface area contributed by atoms with Crippen LogP contribution in [0.3, 0.4) is 0 Å². The number of rotatable bonds is 3. The first-order valence-electron chi connectivity index (χ1n) is 5.43. The highest BCUT2D eigenvalue weighted by Gasteiger charge is 2.17. The van der Waals surface area contributed by atoms with Crippen LogP contribution in [0.2, 0.25) is 0 Å². The van der Waals surface area contributed by atoms with Gasteiger partial charge in [-0.05, 0) is 11.6 Å². The van der Waals surface area contributed by atoms with Crippen molar-refractivity contribution in [3.05, 3.63) is 59.7 Å². The van der Waals surface area contributed by atoms with Crippen LogP contribution < -0.4 is 0 Å². The number of phenolic OH excluding ortho intramolecular Hbond substituents is 1. The molecular formula is C13H12O5S. The van der Waals surface area contributed by atoms with Gasteiger partial charge in [-0.2, -0.15) is 8.42 Å². The van der Waals surface area contributed by atoms with E-state index in [9.17, 15) is 18.6 Å². The summed E-state index contributed by atoms with van der Waals surface area (Å²) >= 11 is 0. The maximum atomic E-state index is 10.9. The highest BCUT2D eigenvalue weighted by Crippen LogP contribution is 2.30. The van der Waals surface area contributed by atoms with E-state index in [1.807, 2.05) is 0 Å². The maximum Gasteiger partial charge on any atom is 0.294 e. The van der Waals surface area contributed by atoms with Crippen LogP contribution in [0, 0.1) is 0 Å². The van der Waals surface area contributed by atoms with Gasteiger partial charge < -0.3 is 10.2 Å². The molecule has 2 aromatic carbocycles.